The van der Waals surface area contributed by atoms with E-state index in [1.54, 1.807) is 12.1 Å². The van der Waals surface area contributed by atoms with Gasteiger partial charge < -0.3 is 0 Å². The Morgan fingerprint density at radius 1 is 1.26 bits per heavy atom. The Morgan fingerprint density at radius 3 is 2.32 bits per heavy atom. The minimum atomic E-state index is -1.21. The minimum absolute atomic E-state index is 0.215. The first-order valence-corrected chi connectivity index (χ1v) is 6.95. The topological polar surface area (TPSA) is 54.9 Å². The summed E-state index contributed by atoms with van der Waals surface area (Å²) in [4.78, 5) is 25.7. The highest BCUT2D eigenvalue weighted by Gasteiger charge is 2.18. The van der Waals surface area contributed by atoms with Crippen LogP contribution in [0.1, 0.15) is 5.56 Å². The first kappa shape index (κ1) is 14.5. The molecule has 0 saturated carbocycles. The molecule has 0 bridgehead atoms. The number of benzene rings is 1. The van der Waals surface area contributed by atoms with E-state index in [9.17, 15) is 14.0 Å². The van der Waals surface area contributed by atoms with E-state index in [1.165, 1.54) is 0 Å². The first-order valence-electron chi connectivity index (χ1n) is 4.99. The molecule has 0 unspecified atom stereocenters. The molecule has 0 radical (unpaired) electrons. The summed E-state index contributed by atoms with van der Waals surface area (Å²) in [5.74, 6) is -1.21. The van der Waals surface area contributed by atoms with Crippen LogP contribution in [0.2, 0.25) is 5.15 Å². The fourth-order valence-electron chi connectivity index (χ4n) is 1.60. The Bertz CT molecular complexity index is 762. The summed E-state index contributed by atoms with van der Waals surface area (Å²) in [5.41, 5.74) is -0.811. The molecule has 0 saturated heterocycles. The highest BCUT2D eigenvalue weighted by molar-refractivity contribution is 9.11. The normalized spacial score (nSPS) is 10.8. The molecule has 0 atom stereocenters. The molecule has 0 fully saturated rings. The van der Waals surface area contributed by atoms with Crippen LogP contribution in [0, 0.1) is 12.7 Å². The second kappa shape index (κ2) is 5.22. The van der Waals surface area contributed by atoms with Gasteiger partial charge in [-0.2, -0.15) is 4.39 Å². The average Bonchev–Trinajstić information content (AvgIpc) is 2.29. The second-order valence-electron chi connectivity index (χ2n) is 3.78. The summed E-state index contributed by atoms with van der Waals surface area (Å²) in [5, 5.41) is -0.606. The number of H-pyrrole nitrogens is 1. The Labute approximate surface area is 128 Å². The average molecular weight is 412 g/mol. The van der Waals surface area contributed by atoms with E-state index in [-0.39, 0.29) is 5.69 Å². The van der Waals surface area contributed by atoms with Gasteiger partial charge in [0, 0.05) is 8.95 Å². The Kier molecular flexibility index (Phi) is 3.98. The fraction of sp³-hybridized carbons (Fsp3) is 0.0909. The maximum Gasteiger partial charge on any atom is 0.334 e. The zero-order valence-electron chi connectivity index (χ0n) is 9.43. The van der Waals surface area contributed by atoms with Crippen molar-refractivity contribution in [1.29, 1.82) is 0 Å². The highest BCUT2D eigenvalue weighted by atomic mass is 79.9. The van der Waals surface area contributed by atoms with Crippen LogP contribution in [-0.4, -0.2) is 9.55 Å². The third-order valence-electron chi connectivity index (χ3n) is 2.39. The lowest BCUT2D eigenvalue weighted by molar-refractivity contribution is 0.584. The van der Waals surface area contributed by atoms with Gasteiger partial charge in [0.15, 0.2) is 5.15 Å². The largest absolute Gasteiger partial charge is 0.334 e. The molecule has 0 spiro atoms. The van der Waals surface area contributed by atoms with Gasteiger partial charge in [0.25, 0.3) is 5.56 Å². The third-order valence-corrected chi connectivity index (χ3v) is 3.86. The van der Waals surface area contributed by atoms with E-state index in [1.807, 2.05) is 6.92 Å². The molecule has 1 N–H and O–H groups in total. The lowest BCUT2D eigenvalue weighted by atomic mass is 10.2. The standard InChI is InChI=1S/C11H6Br2ClFN2O2/c1-4-2-5(12)8(6(13)3-4)17-10(18)7(15)9(14)16-11(17)19/h2-3H,1H3,(H,16,19). The number of rotatable bonds is 1. The van der Waals surface area contributed by atoms with Gasteiger partial charge in [0.2, 0.25) is 5.82 Å². The number of aromatic nitrogens is 2. The molecular formula is C11H6Br2ClFN2O2. The number of hydrogen-bond acceptors (Lipinski definition) is 2. The van der Waals surface area contributed by atoms with Crippen molar-refractivity contribution in [2.24, 2.45) is 0 Å². The van der Waals surface area contributed by atoms with Gasteiger partial charge in [-0.25, -0.2) is 9.36 Å². The molecule has 1 aromatic carbocycles. The van der Waals surface area contributed by atoms with Gasteiger partial charge in [0.05, 0.1) is 5.69 Å². The molecule has 0 amide bonds. The van der Waals surface area contributed by atoms with Crippen molar-refractivity contribution in [2.75, 3.05) is 0 Å². The van der Waals surface area contributed by atoms with Crippen molar-refractivity contribution in [2.45, 2.75) is 6.92 Å². The predicted molar refractivity (Wildman–Crippen MR) is 77.8 cm³/mol. The molecule has 19 heavy (non-hydrogen) atoms. The molecule has 4 nitrogen and oxygen atoms in total. The fourth-order valence-corrected chi connectivity index (χ4v) is 3.53. The summed E-state index contributed by atoms with van der Waals surface area (Å²) < 4.78 is 15.2. The molecular weight excluding hydrogens is 406 g/mol. The van der Waals surface area contributed by atoms with Gasteiger partial charge in [-0.3, -0.25) is 9.78 Å². The maximum atomic E-state index is 13.5. The molecule has 8 heteroatoms. The van der Waals surface area contributed by atoms with E-state index in [4.69, 9.17) is 11.6 Å². The zero-order valence-corrected chi connectivity index (χ0v) is 13.4. The van der Waals surface area contributed by atoms with Crippen molar-refractivity contribution in [3.63, 3.8) is 0 Å². The number of aryl methyl sites for hydroxylation is 1. The number of hydrogen-bond donors (Lipinski definition) is 1. The van der Waals surface area contributed by atoms with Crippen LogP contribution in [0.3, 0.4) is 0 Å². The summed E-state index contributed by atoms with van der Waals surface area (Å²) in [7, 11) is 0. The minimum Gasteiger partial charge on any atom is -0.295 e. The zero-order chi connectivity index (χ0) is 14.3. The molecule has 1 aromatic heterocycles. The second-order valence-corrected chi connectivity index (χ2v) is 5.86. The summed E-state index contributed by atoms with van der Waals surface area (Å²) in [6.07, 6.45) is 0. The molecule has 0 aliphatic rings. The van der Waals surface area contributed by atoms with Crippen LogP contribution < -0.4 is 11.2 Å². The van der Waals surface area contributed by atoms with Gasteiger partial charge in [0.1, 0.15) is 0 Å². The first-order chi connectivity index (χ1) is 8.82. The van der Waals surface area contributed by atoms with Crippen molar-refractivity contribution in [3.05, 3.63) is 58.5 Å². The number of nitrogens with one attached hydrogen (secondary N) is 1. The van der Waals surface area contributed by atoms with E-state index in [2.05, 4.69) is 36.8 Å². The predicted octanol–water partition coefficient (Wildman–Crippen LogP) is 3.15. The monoisotopic (exact) mass is 410 g/mol. The molecule has 0 aliphatic heterocycles. The SMILES string of the molecule is Cc1cc(Br)c(-n2c(=O)[nH]c(Cl)c(F)c2=O)c(Br)c1. The maximum absolute atomic E-state index is 13.5. The van der Waals surface area contributed by atoms with Crippen LogP contribution >= 0.6 is 43.5 Å². The lowest BCUT2D eigenvalue weighted by Gasteiger charge is -2.11. The molecule has 2 rings (SSSR count). The Hall–Kier alpha value is -0.920. The Balaban J connectivity index is 2.93. The Morgan fingerprint density at radius 2 is 1.79 bits per heavy atom. The van der Waals surface area contributed by atoms with E-state index >= 15 is 0 Å². The molecule has 0 aliphatic carbocycles. The number of nitrogens with zero attached hydrogens (tertiary/aromatic N) is 1. The summed E-state index contributed by atoms with van der Waals surface area (Å²) in [6, 6.07) is 3.41. The van der Waals surface area contributed by atoms with Crippen molar-refractivity contribution in [3.8, 4) is 5.69 Å². The quantitative estimate of drug-likeness (QED) is 0.732. The van der Waals surface area contributed by atoms with Crippen LogP contribution in [0.25, 0.3) is 5.69 Å². The van der Waals surface area contributed by atoms with Gasteiger partial charge >= 0.3 is 5.69 Å². The van der Waals surface area contributed by atoms with Gasteiger partial charge in [-0.1, -0.05) is 11.6 Å². The smallest absolute Gasteiger partial charge is 0.295 e. The van der Waals surface area contributed by atoms with E-state index in [0.717, 1.165) is 5.56 Å². The van der Waals surface area contributed by atoms with Crippen LogP contribution in [0.15, 0.2) is 30.7 Å². The van der Waals surface area contributed by atoms with E-state index in [0.29, 0.717) is 13.5 Å². The van der Waals surface area contributed by atoms with Crippen molar-refractivity contribution >= 4 is 43.5 Å². The summed E-state index contributed by atoms with van der Waals surface area (Å²) in [6.45, 7) is 1.84. The van der Waals surface area contributed by atoms with Crippen molar-refractivity contribution in [1.82, 2.24) is 9.55 Å². The summed E-state index contributed by atoms with van der Waals surface area (Å²) >= 11 is 11.9. The number of aromatic amines is 1. The molecule has 2 aromatic rings. The molecule has 100 valence electrons. The van der Waals surface area contributed by atoms with Crippen LogP contribution in [-0.2, 0) is 0 Å². The van der Waals surface area contributed by atoms with Gasteiger partial charge in [-0.15, -0.1) is 0 Å². The van der Waals surface area contributed by atoms with Gasteiger partial charge in [-0.05, 0) is 56.5 Å². The van der Waals surface area contributed by atoms with Crippen LogP contribution in [0.4, 0.5) is 4.39 Å². The third kappa shape index (κ3) is 2.54. The highest BCUT2D eigenvalue weighted by Crippen LogP contribution is 2.29. The molecule has 1 heterocycles. The van der Waals surface area contributed by atoms with Crippen molar-refractivity contribution < 1.29 is 4.39 Å². The van der Waals surface area contributed by atoms with E-state index < -0.39 is 22.2 Å². The lowest BCUT2D eigenvalue weighted by Crippen LogP contribution is -2.36. The number of halogens is 4. The van der Waals surface area contributed by atoms with Crippen LogP contribution in [0.5, 0.6) is 0 Å².